The fourth-order valence-corrected chi connectivity index (χ4v) is 5.13. The van der Waals surface area contributed by atoms with E-state index in [1.165, 1.54) is 6.42 Å². The number of anilines is 2. The molecule has 0 unspecified atom stereocenters. The van der Waals surface area contributed by atoms with Crippen molar-refractivity contribution < 1.29 is 9.47 Å². The van der Waals surface area contributed by atoms with Crippen molar-refractivity contribution in [1.82, 2.24) is 19.8 Å². The van der Waals surface area contributed by atoms with Gasteiger partial charge in [0.05, 0.1) is 12.6 Å². The van der Waals surface area contributed by atoms with Crippen LogP contribution < -0.4 is 19.7 Å². The summed E-state index contributed by atoms with van der Waals surface area (Å²) in [5, 5.41) is 4.75. The van der Waals surface area contributed by atoms with Gasteiger partial charge in [-0.1, -0.05) is 30.3 Å². The van der Waals surface area contributed by atoms with Crippen LogP contribution in [0.1, 0.15) is 31.2 Å². The fourth-order valence-electron chi connectivity index (χ4n) is 5.13. The molecular weight excluding hydrogens is 464 g/mol. The first-order valence-electron chi connectivity index (χ1n) is 13.5. The van der Waals surface area contributed by atoms with Crippen LogP contribution in [0.4, 0.5) is 11.8 Å². The number of benzene rings is 2. The van der Waals surface area contributed by atoms with Crippen LogP contribution in [0, 0.1) is 0 Å². The molecule has 0 saturated carbocycles. The van der Waals surface area contributed by atoms with E-state index in [4.69, 9.17) is 19.4 Å². The normalized spacial score (nSPS) is 18.4. The minimum Gasteiger partial charge on any atom is -0.493 e. The zero-order valence-corrected chi connectivity index (χ0v) is 22.4. The summed E-state index contributed by atoms with van der Waals surface area (Å²) in [5.41, 5.74) is 1.99. The monoisotopic (exact) mass is 504 g/mol. The molecule has 3 aromatic rings. The summed E-state index contributed by atoms with van der Waals surface area (Å²) in [4.78, 5) is 17.3. The maximum absolute atomic E-state index is 6.23. The van der Waals surface area contributed by atoms with Gasteiger partial charge in [-0.3, -0.25) is 0 Å². The molecule has 8 heteroatoms. The summed E-state index contributed by atoms with van der Waals surface area (Å²) in [5.74, 6) is 3.07. The Labute approximate surface area is 220 Å². The van der Waals surface area contributed by atoms with Gasteiger partial charge < -0.3 is 29.5 Å². The van der Waals surface area contributed by atoms with Gasteiger partial charge in [0.25, 0.3) is 0 Å². The Morgan fingerprint density at radius 2 is 1.62 bits per heavy atom. The average Bonchev–Trinajstić information content (AvgIpc) is 2.91. The molecule has 0 radical (unpaired) electrons. The van der Waals surface area contributed by atoms with Gasteiger partial charge >= 0.3 is 0 Å². The van der Waals surface area contributed by atoms with Gasteiger partial charge in [-0.15, -0.1) is 0 Å². The van der Waals surface area contributed by atoms with Crippen molar-refractivity contribution in [3.63, 3.8) is 0 Å². The molecule has 3 heterocycles. The van der Waals surface area contributed by atoms with E-state index in [1.54, 1.807) is 7.11 Å². The quantitative estimate of drug-likeness (QED) is 0.512. The number of aromatic nitrogens is 2. The fraction of sp³-hybridized carbons (Fsp3) is 0.517. The standard InChI is InChI=1S/C29H40N6O2/c1-33-13-7-8-14-35(18-17-33)29-31-25-20-27(37-21-22-9-5-4-6-10-22)26(36-3)19-24(25)28(32-29)30-23-11-15-34(2)16-12-23/h4-6,9-10,19-20,23H,7-8,11-18,21H2,1-3H3,(H,30,31,32). The van der Waals surface area contributed by atoms with Crippen LogP contribution in [0.15, 0.2) is 42.5 Å². The first-order chi connectivity index (χ1) is 18.1. The molecule has 198 valence electrons. The van der Waals surface area contributed by atoms with Crippen molar-refractivity contribution in [3.05, 3.63) is 48.0 Å². The highest BCUT2D eigenvalue weighted by molar-refractivity contribution is 5.93. The van der Waals surface area contributed by atoms with Crippen molar-refractivity contribution in [1.29, 1.82) is 0 Å². The molecule has 2 fully saturated rings. The van der Waals surface area contributed by atoms with Gasteiger partial charge in [-0.2, -0.15) is 4.98 Å². The Bertz CT molecular complexity index is 1170. The van der Waals surface area contributed by atoms with E-state index in [1.807, 2.05) is 30.3 Å². The molecule has 1 N–H and O–H groups in total. The first-order valence-corrected chi connectivity index (χ1v) is 13.5. The second-order valence-electron chi connectivity index (χ2n) is 10.4. The minimum absolute atomic E-state index is 0.389. The van der Waals surface area contributed by atoms with E-state index in [9.17, 15) is 0 Å². The number of nitrogens with one attached hydrogen (secondary N) is 1. The molecule has 0 aliphatic carbocycles. The number of piperidine rings is 1. The van der Waals surface area contributed by atoms with Crippen molar-refractivity contribution in [3.8, 4) is 11.5 Å². The van der Waals surface area contributed by atoms with Crippen LogP contribution in [-0.2, 0) is 6.61 Å². The lowest BCUT2D eigenvalue weighted by Gasteiger charge is -2.31. The van der Waals surface area contributed by atoms with E-state index in [2.05, 4.69) is 46.2 Å². The summed E-state index contributed by atoms with van der Waals surface area (Å²) in [6, 6.07) is 14.6. The predicted molar refractivity (Wildman–Crippen MR) is 150 cm³/mol. The SMILES string of the molecule is COc1cc2c(NC3CCN(C)CC3)nc(N3CCCCN(C)CC3)nc2cc1OCc1ccccc1. The first kappa shape index (κ1) is 25.5. The molecule has 2 aromatic carbocycles. The highest BCUT2D eigenvalue weighted by Gasteiger charge is 2.22. The lowest BCUT2D eigenvalue weighted by Crippen LogP contribution is -2.38. The highest BCUT2D eigenvalue weighted by atomic mass is 16.5. The van der Waals surface area contributed by atoms with Crippen molar-refractivity contribution in [2.24, 2.45) is 0 Å². The van der Waals surface area contributed by atoms with E-state index < -0.39 is 0 Å². The van der Waals surface area contributed by atoms with Crippen LogP contribution in [0.25, 0.3) is 10.9 Å². The second-order valence-corrected chi connectivity index (χ2v) is 10.4. The maximum atomic E-state index is 6.23. The van der Waals surface area contributed by atoms with Crippen LogP contribution in [0.2, 0.25) is 0 Å². The summed E-state index contributed by atoms with van der Waals surface area (Å²) in [7, 11) is 6.07. The molecular formula is C29H40N6O2. The minimum atomic E-state index is 0.389. The molecule has 0 spiro atoms. The summed E-state index contributed by atoms with van der Waals surface area (Å²) >= 11 is 0. The Balaban J connectivity index is 1.50. The van der Waals surface area contributed by atoms with Gasteiger partial charge in [0.15, 0.2) is 11.5 Å². The lowest BCUT2D eigenvalue weighted by atomic mass is 10.1. The number of fused-ring (bicyclic) bond motifs is 1. The molecule has 5 rings (SSSR count). The van der Waals surface area contributed by atoms with Gasteiger partial charge in [-0.25, -0.2) is 4.98 Å². The maximum Gasteiger partial charge on any atom is 0.227 e. The molecule has 37 heavy (non-hydrogen) atoms. The van der Waals surface area contributed by atoms with Crippen LogP contribution >= 0.6 is 0 Å². The van der Waals surface area contributed by atoms with Crippen molar-refractivity contribution >= 4 is 22.7 Å². The topological polar surface area (TPSA) is 66.0 Å². The lowest BCUT2D eigenvalue weighted by molar-refractivity contribution is 0.263. The number of nitrogens with zero attached hydrogens (tertiary/aromatic N) is 5. The number of hydrogen-bond acceptors (Lipinski definition) is 8. The van der Waals surface area contributed by atoms with Crippen LogP contribution in [0.5, 0.6) is 11.5 Å². The van der Waals surface area contributed by atoms with E-state index >= 15 is 0 Å². The van der Waals surface area contributed by atoms with Crippen molar-refractivity contribution in [2.45, 2.75) is 38.3 Å². The summed E-state index contributed by atoms with van der Waals surface area (Å²) in [6.07, 6.45) is 4.52. The van der Waals surface area contributed by atoms with Crippen LogP contribution in [-0.4, -0.2) is 86.3 Å². The third kappa shape index (κ3) is 6.43. The molecule has 2 saturated heterocycles. The highest BCUT2D eigenvalue weighted by Crippen LogP contribution is 2.36. The summed E-state index contributed by atoms with van der Waals surface area (Å²) in [6.45, 7) is 6.70. The van der Waals surface area contributed by atoms with Crippen LogP contribution in [0.3, 0.4) is 0 Å². The molecule has 2 aliphatic rings. The number of likely N-dealkylation sites (tertiary alicyclic amines) is 1. The zero-order valence-electron chi connectivity index (χ0n) is 22.4. The molecule has 0 atom stereocenters. The summed E-state index contributed by atoms with van der Waals surface area (Å²) < 4.78 is 12.0. The van der Waals surface area contributed by atoms with E-state index in [-0.39, 0.29) is 0 Å². The number of likely N-dealkylation sites (N-methyl/N-ethyl adjacent to an activating group) is 1. The predicted octanol–water partition coefficient (Wildman–Crippen LogP) is 4.26. The number of methoxy groups -OCH3 is 1. The van der Waals surface area contributed by atoms with Crippen molar-refractivity contribution in [2.75, 3.05) is 70.7 Å². The van der Waals surface area contributed by atoms with E-state index in [0.717, 1.165) is 86.8 Å². The third-order valence-corrected chi connectivity index (χ3v) is 7.52. The van der Waals surface area contributed by atoms with Gasteiger partial charge in [0.1, 0.15) is 12.4 Å². The number of rotatable bonds is 7. The Morgan fingerprint density at radius 1 is 0.865 bits per heavy atom. The third-order valence-electron chi connectivity index (χ3n) is 7.52. The second kappa shape index (κ2) is 12.0. The van der Waals surface area contributed by atoms with Gasteiger partial charge in [0, 0.05) is 37.1 Å². The molecule has 2 aliphatic heterocycles. The molecule has 1 aromatic heterocycles. The number of ether oxygens (including phenoxy) is 2. The largest absolute Gasteiger partial charge is 0.493 e. The molecule has 8 nitrogen and oxygen atoms in total. The zero-order chi connectivity index (χ0) is 25.6. The van der Waals surface area contributed by atoms with Gasteiger partial charge in [-0.05, 0) is 71.0 Å². The average molecular weight is 505 g/mol. The Hall–Kier alpha value is -3.10. The Kier molecular flexibility index (Phi) is 8.26. The van der Waals surface area contributed by atoms with E-state index in [0.29, 0.717) is 24.1 Å². The smallest absolute Gasteiger partial charge is 0.227 e. The van der Waals surface area contributed by atoms with Gasteiger partial charge in [0.2, 0.25) is 5.95 Å². The Morgan fingerprint density at radius 3 is 2.41 bits per heavy atom. The number of hydrogen-bond donors (Lipinski definition) is 1. The molecule has 0 amide bonds. The molecule has 0 bridgehead atoms.